The minimum absolute atomic E-state index is 0.706. The van der Waals surface area contributed by atoms with Crippen LogP contribution in [0.25, 0.3) is 0 Å². The highest BCUT2D eigenvalue weighted by Gasteiger charge is 1.90. The minimum atomic E-state index is 0.706. The van der Waals surface area contributed by atoms with Crippen LogP contribution in [-0.4, -0.2) is 21.6 Å². The Kier molecular flexibility index (Phi) is 2.40. The molecule has 0 aliphatic carbocycles. The van der Waals surface area contributed by atoms with Gasteiger partial charge in [0.1, 0.15) is 5.44 Å². The molecule has 0 bridgehead atoms. The number of hydrogen-bond acceptors (Lipinski definition) is 2. The van der Waals surface area contributed by atoms with Gasteiger partial charge < -0.3 is 0 Å². The highest BCUT2D eigenvalue weighted by Crippen LogP contribution is 2.04. The van der Waals surface area contributed by atoms with Crippen LogP contribution in [0, 0.1) is 0 Å². The van der Waals surface area contributed by atoms with Gasteiger partial charge in [0.05, 0.1) is 6.20 Å². The molecule has 0 aliphatic heterocycles. The molecular weight excluding hydrogens is 133 g/mol. The molecule has 3 nitrogen and oxygen atoms in total. The van der Waals surface area contributed by atoms with Crippen LogP contribution in [0.4, 0.5) is 0 Å². The van der Waals surface area contributed by atoms with E-state index in [2.05, 4.69) is 22.0 Å². The number of aromatic amines is 1. The van der Waals surface area contributed by atoms with E-state index < -0.39 is 0 Å². The Balaban J connectivity index is 2.38. The van der Waals surface area contributed by atoms with Crippen molar-refractivity contribution in [2.75, 3.05) is 6.16 Å². The lowest BCUT2D eigenvalue weighted by molar-refractivity contribution is 0.946. The SMILES string of the molecule is C=CCPc1cn[nH]n1. The zero-order valence-electron chi connectivity index (χ0n) is 4.96. The molecule has 1 aromatic heterocycles. The molecule has 0 saturated heterocycles. The summed E-state index contributed by atoms with van der Waals surface area (Å²) in [4.78, 5) is 0. The van der Waals surface area contributed by atoms with Crippen LogP contribution in [0.5, 0.6) is 0 Å². The minimum Gasteiger partial charge on any atom is -0.197 e. The van der Waals surface area contributed by atoms with Crippen molar-refractivity contribution in [2.45, 2.75) is 0 Å². The number of aromatic nitrogens is 3. The second-order valence-electron chi connectivity index (χ2n) is 1.52. The Morgan fingerprint density at radius 2 is 2.78 bits per heavy atom. The van der Waals surface area contributed by atoms with E-state index in [1.807, 2.05) is 6.08 Å². The number of rotatable bonds is 3. The van der Waals surface area contributed by atoms with Gasteiger partial charge in [-0.2, -0.15) is 15.4 Å². The molecule has 0 radical (unpaired) electrons. The van der Waals surface area contributed by atoms with Gasteiger partial charge in [-0.05, 0) is 6.16 Å². The zero-order chi connectivity index (χ0) is 6.53. The van der Waals surface area contributed by atoms with E-state index in [1.165, 1.54) is 0 Å². The summed E-state index contributed by atoms with van der Waals surface area (Å²) >= 11 is 0. The fraction of sp³-hybridized carbons (Fsp3) is 0.200. The maximum atomic E-state index is 3.88. The van der Waals surface area contributed by atoms with E-state index >= 15 is 0 Å². The lowest BCUT2D eigenvalue weighted by Gasteiger charge is -1.85. The largest absolute Gasteiger partial charge is 0.197 e. The first-order chi connectivity index (χ1) is 4.43. The van der Waals surface area contributed by atoms with Crippen molar-refractivity contribution >= 4 is 14.0 Å². The second-order valence-corrected chi connectivity index (χ2v) is 2.80. The standard InChI is InChI=1S/C5H8N3P/c1-2-3-9-5-4-6-8-7-5/h2,4,9H,1,3H2,(H,6,7,8). The van der Waals surface area contributed by atoms with Crippen molar-refractivity contribution in [1.82, 2.24) is 15.4 Å². The summed E-state index contributed by atoms with van der Waals surface area (Å²) in [5.41, 5.74) is 1.02. The molecule has 1 rings (SSSR count). The Hall–Kier alpha value is -0.690. The average molecular weight is 141 g/mol. The average Bonchev–Trinajstić information content (AvgIpc) is 2.34. The molecule has 1 aromatic rings. The molecule has 1 N–H and O–H groups in total. The predicted molar refractivity (Wildman–Crippen MR) is 39.4 cm³/mol. The number of nitrogens with zero attached hydrogens (tertiary/aromatic N) is 2. The van der Waals surface area contributed by atoms with Crippen molar-refractivity contribution < 1.29 is 0 Å². The molecule has 48 valence electrons. The maximum absolute atomic E-state index is 3.88. The number of hydrogen-bond donors (Lipinski definition) is 1. The maximum Gasteiger partial charge on any atom is 0.102 e. The van der Waals surface area contributed by atoms with E-state index in [0.29, 0.717) is 8.58 Å². The van der Waals surface area contributed by atoms with Gasteiger partial charge in [0.15, 0.2) is 0 Å². The third-order valence-corrected chi connectivity index (χ3v) is 1.94. The van der Waals surface area contributed by atoms with Crippen molar-refractivity contribution in [3.63, 3.8) is 0 Å². The Bertz CT molecular complexity index is 170. The van der Waals surface area contributed by atoms with E-state index in [-0.39, 0.29) is 0 Å². The first kappa shape index (κ1) is 6.43. The Morgan fingerprint density at radius 3 is 3.33 bits per heavy atom. The molecule has 0 fully saturated rings. The van der Waals surface area contributed by atoms with E-state index in [1.54, 1.807) is 6.20 Å². The fourth-order valence-corrected chi connectivity index (χ4v) is 1.10. The van der Waals surface area contributed by atoms with Crippen molar-refractivity contribution in [3.8, 4) is 0 Å². The van der Waals surface area contributed by atoms with E-state index in [9.17, 15) is 0 Å². The van der Waals surface area contributed by atoms with Crippen LogP contribution in [0.1, 0.15) is 0 Å². The van der Waals surface area contributed by atoms with Gasteiger partial charge in [-0.3, -0.25) is 0 Å². The summed E-state index contributed by atoms with van der Waals surface area (Å²) in [6.45, 7) is 3.61. The zero-order valence-corrected chi connectivity index (χ0v) is 5.96. The molecule has 0 amide bonds. The summed E-state index contributed by atoms with van der Waals surface area (Å²) in [6, 6.07) is 0. The number of nitrogens with one attached hydrogen (secondary N) is 1. The van der Waals surface area contributed by atoms with E-state index in [0.717, 1.165) is 11.6 Å². The van der Waals surface area contributed by atoms with Gasteiger partial charge in [-0.15, -0.1) is 6.58 Å². The Morgan fingerprint density at radius 1 is 1.89 bits per heavy atom. The first-order valence-corrected chi connectivity index (χ1v) is 3.84. The molecule has 9 heavy (non-hydrogen) atoms. The number of H-pyrrole nitrogens is 1. The summed E-state index contributed by atoms with van der Waals surface area (Å²) in [7, 11) is 0.706. The smallest absolute Gasteiger partial charge is 0.102 e. The summed E-state index contributed by atoms with van der Waals surface area (Å²) in [5.74, 6) is 0. The van der Waals surface area contributed by atoms with Crippen LogP contribution in [0.2, 0.25) is 0 Å². The Labute approximate surface area is 55.3 Å². The van der Waals surface area contributed by atoms with Crippen molar-refractivity contribution in [3.05, 3.63) is 18.9 Å². The van der Waals surface area contributed by atoms with Crippen LogP contribution >= 0.6 is 8.58 Å². The van der Waals surface area contributed by atoms with Crippen LogP contribution in [0.3, 0.4) is 0 Å². The van der Waals surface area contributed by atoms with E-state index in [4.69, 9.17) is 0 Å². The fourth-order valence-electron chi connectivity index (χ4n) is 0.464. The van der Waals surface area contributed by atoms with Gasteiger partial charge in [0.2, 0.25) is 0 Å². The molecular formula is C5H8N3P. The van der Waals surface area contributed by atoms with Crippen molar-refractivity contribution in [2.24, 2.45) is 0 Å². The molecule has 4 heteroatoms. The van der Waals surface area contributed by atoms with Crippen LogP contribution < -0.4 is 5.44 Å². The summed E-state index contributed by atoms with van der Waals surface area (Å²) < 4.78 is 0. The predicted octanol–water partition coefficient (Wildman–Crippen LogP) is 0.294. The van der Waals surface area contributed by atoms with Gasteiger partial charge in [0.25, 0.3) is 0 Å². The van der Waals surface area contributed by atoms with Gasteiger partial charge in [0, 0.05) is 0 Å². The molecule has 1 unspecified atom stereocenters. The van der Waals surface area contributed by atoms with Gasteiger partial charge >= 0.3 is 0 Å². The molecule has 0 saturated carbocycles. The highest BCUT2D eigenvalue weighted by molar-refractivity contribution is 7.47. The molecule has 1 atom stereocenters. The van der Waals surface area contributed by atoms with Crippen molar-refractivity contribution in [1.29, 1.82) is 0 Å². The third kappa shape index (κ3) is 1.94. The number of allylic oxidation sites excluding steroid dienone is 1. The van der Waals surface area contributed by atoms with Crippen LogP contribution in [0.15, 0.2) is 18.9 Å². The van der Waals surface area contributed by atoms with Crippen LogP contribution in [-0.2, 0) is 0 Å². The second kappa shape index (κ2) is 3.36. The van der Waals surface area contributed by atoms with Gasteiger partial charge in [-0.1, -0.05) is 14.7 Å². The normalized spacial score (nSPS) is 10.7. The quantitative estimate of drug-likeness (QED) is 0.485. The van der Waals surface area contributed by atoms with Gasteiger partial charge in [-0.25, -0.2) is 0 Å². The molecule has 0 aliphatic rings. The monoisotopic (exact) mass is 141 g/mol. The summed E-state index contributed by atoms with van der Waals surface area (Å²) in [5, 5.41) is 10.1. The first-order valence-electron chi connectivity index (χ1n) is 2.64. The topological polar surface area (TPSA) is 41.6 Å². The summed E-state index contributed by atoms with van der Waals surface area (Å²) in [6.07, 6.45) is 4.61. The molecule has 0 aromatic carbocycles. The highest BCUT2D eigenvalue weighted by atomic mass is 31.1. The lowest BCUT2D eigenvalue weighted by Crippen LogP contribution is -1.93. The third-order valence-electron chi connectivity index (χ3n) is 0.843. The molecule has 1 heterocycles. The lowest BCUT2D eigenvalue weighted by atomic mass is 10.8. The molecule has 0 spiro atoms.